The van der Waals surface area contributed by atoms with Gasteiger partial charge in [0.15, 0.2) is 11.6 Å². The van der Waals surface area contributed by atoms with Gasteiger partial charge in [0.05, 0.1) is 30.3 Å². The van der Waals surface area contributed by atoms with Crippen molar-refractivity contribution >= 4 is 38.6 Å². The summed E-state index contributed by atoms with van der Waals surface area (Å²) in [6.07, 6.45) is 4.87. The number of imidazole rings is 1. The van der Waals surface area contributed by atoms with E-state index in [9.17, 15) is 14.3 Å². The number of hydrogen-bond acceptors (Lipinski definition) is 4. The van der Waals surface area contributed by atoms with Crippen LogP contribution >= 0.6 is 15.9 Å². The van der Waals surface area contributed by atoms with E-state index in [1.807, 2.05) is 12.1 Å². The number of nitrogens with zero attached hydrogens (tertiary/aromatic N) is 3. The first-order valence-electron chi connectivity index (χ1n) is 11.5. The first-order valence-corrected chi connectivity index (χ1v) is 12.3. The van der Waals surface area contributed by atoms with Crippen LogP contribution in [0.2, 0.25) is 0 Å². The van der Waals surface area contributed by atoms with Gasteiger partial charge in [0.2, 0.25) is 5.91 Å². The lowest BCUT2D eigenvalue weighted by atomic mass is 9.92. The molecule has 174 valence electrons. The number of carbonyl (C=O) groups is 1. The van der Waals surface area contributed by atoms with Gasteiger partial charge in [0.25, 0.3) is 0 Å². The van der Waals surface area contributed by atoms with E-state index < -0.39 is 5.82 Å². The predicted octanol–water partition coefficient (Wildman–Crippen LogP) is 5.68. The average molecular weight is 516 g/mol. The van der Waals surface area contributed by atoms with Crippen molar-refractivity contribution in [2.45, 2.75) is 63.1 Å². The molecule has 0 unspecified atom stereocenters. The minimum atomic E-state index is -0.495. The molecule has 1 aliphatic heterocycles. The molecule has 1 aliphatic carbocycles. The summed E-state index contributed by atoms with van der Waals surface area (Å²) in [5.41, 5.74) is 2.40. The van der Waals surface area contributed by atoms with E-state index in [1.165, 1.54) is 13.2 Å². The second kappa shape index (κ2) is 9.06. The second-order valence-corrected chi connectivity index (χ2v) is 9.84. The van der Waals surface area contributed by atoms with Crippen LogP contribution in [0.5, 0.6) is 5.75 Å². The molecule has 1 saturated heterocycles. The van der Waals surface area contributed by atoms with Gasteiger partial charge in [-0.1, -0.05) is 15.9 Å². The number of anilines is 1. The van der Waals surface area contributed by atoms with Crippen molar-refractivity contribution in [3.05, 3.63) is 52.5 Å². The van der Waals surface area contributed by atoms with Gasteiger partial charge in [0, 0.05) is 28.7 Å². The standard InChI is InChI=1S/C25H27BrFN3O3/c1-33-23-12-8-17(14-19(23)27)29-22(3-2-4-24(29)32)25-28-20-13-15(26)5-11-21(20)30(25)16-6-9-18(31)10-7-16/h5,8,11-14,16,18,22,31H,2-4,6-7,9-10H2,1H3/t16-,18-,22-/m0/s1. The summed E-state index contributed by atoms with van der Waals surface area (Å²) < 4.78 is 22.8. The zero-order chi connectivity index (χ0) is 23.1. The first kappa shape index (κ1) is 22.3. The Morgan fingerprint density at radius 3 is 2.64 bits per heavy atom. The van der Waals surface area contributed by atoms with Crippen molar-refractivity contribution in [1.29, 1.82) is 0 Å². The van der Waals surface area contributed by atoms with Crippen LogP contribution in [0.15, 0.2) is 40.9 Å². The topological polar surface area (TPSA) is 67.6 Å². The van der Waals surface area contributed by atoms with Crippen LogP contribution in [0.25, 0.3) is 11.0 Å². The van der Waals surface area contributed by atoms with Crippen LogP contribution in [0, 0.1) is 5.82 Å². The lowest BCUT2D eigenvalue weighted by Gasteiger charge is -2.37. The van der Waals surface area contributed by atoms with Crippen LogP contribution in [0.3, 0.4) is 0 Å². The van der Waals surface area contributed by atoms with Crippen molar-refractivity contribution < 1.29 is 19.0 Å². The number of hydrogen-bond donors (Lipinski definition) is 1. The van der Waals surface area contributed by atoms with E-state index in [0.717, 1.165) is 59.9 Å². The summed E-state index contributed by atoms with van der Waals surface area (Å²) in [6.45, 7) is 0. The highest BCUT2D eigenvalue weighted by Crippen LogP contribution is 2.41. The maximum absolute atomic E-state index is 14.6. The normalized spacial score (nSPS) is 23.8. The number of piperidine rings is 1. The van der Waals surface area contributed by atoms with Gasteiger partial charge in [-0.05, 0) is 68.9 Å². The first-order chi connectivity index (χ1) is 16.0. The van der Waals surface area contributed by atoms with Crippen molar-refractivity contribution in [2.24, 2.45) is 0 Å². The van der Waals surface area contributed by atoms with Gasteiger partial charge in [0.1, 0.15) is 5.82 Å². The van der Waals surface area contributed by atoms with Crippen LogP contribution in [-0.2, 0) is 4.79 Å². The number of amides is 1. The van der Waals surface area contributed by atoms with E-state index in [0.29, 0.717) is 12.1 Å². The molecule has 0 spiro atoms. The number of ether oxygens (including phenoxy) is 1. The summed E-state index contributed by atoms with van der Waals surface area (Å²) in [5, 5.41) is 10.1. The molecular weight excluding hydrogens is 489 g/mol. The predicted molar refractivity (Wildman–Crippen MR) is 128 cm³/mol. The number of benzene rings is 2. The SMILES string of the molecule is COc1ccc(N2C(=O)CCC[C@H]2c2nc3cc(Br)ccc3n2[C@H]2CC[C@H](O)CC2)cc1F. The Bertz CT molecular complexity index is 1190. The van der Waals surface area contributed by atoms with Gasteiger partial charge >= 0.3 is 0 Å². The maximum atomic E-state index is 14.6. The smallest absolute Gasteiger partial charge is 0.227 e. The molecule has 3 aromatic rings. The van der Waals surface area contributed by atoms with Gasteiger partial charge in [-0.3, -0.25) is 4.79 Å². The summed E-state index contributed by atoms with van der Waals surface area (Å²) in [5.74, 6) is 0.451. The molecule has 6 nitrogen and oxygen atoms in total. The Morgan fingerprint density at radius 1 is 1.12 bits per heavy atom. The van der Waals surface area contributed by atoms with E-state index in [-0.39, 0.29) is 29.8 Å². The molecule has 1 atom stereocenters. The number of aromatic nitrogens is 2. The zero-order valence-electron chi connectivity index (χ0n) is 18.5. The molecule has 2 fully saturated rings. The van der Waals surface area contributed by atoms with Gasteiger partial charge < -0.3 is 19.3 Å². The monoisotopic (exact) mass is 515 g/mol. The quantitative estimate of drug-likeness (QED) is 0.485. The third-order valence-corrected chi connectivity index (χ3v) is 7.36. The van der Waals surface area contributed by atoms with Crippen molar-refractivity contribution in [3.8, 4) is 5.75 Å². The maximum Gasteiger partial charge on any atom is 0.227 e. The fourth-order valence-electron chi connectivity index (χ4n) is 5.27. The number of halogens is 2. The Balaban J connectivity index is 1.63. The third kappa shape index (κ3) is 4.15. The Hall–Kier alpha value is -2.45. The van der Waals surface area contributed by atoms with Crippen molar-refractivity contribution in [2.75, 3.05) is 12.0 Å². The molecule has 2 aromatic carbocycles. The van der Waals surface area contributed by atoms with Crippen LogP contribution < -0.4 is 9.64 Å². The lowest BCUT2D eigenvalue weighted by Crippen LogP contribution is -2.40. The highest BCUT2D eigenvalue weighted by atomic mass is 79.9. The van der Waals surface area contributed by atoms with E-state index in [1.54, 1.807) is 17.0 Å². The van der Waals surface area contributed by atoms with E-state index in [2.05, 4.69) is 26.6 Å². The summed E-state index contributed by atoms with van der Waals surface area (Å²) in [7, 11) is 1.43. The minimum absolute atomic E-state index is 0.0327. The average Bonchev–Trinajstić information content (AvgIpc) is 3.17. The number of fused-ring (bicyclic) bond motifs is 1. The highest BCUT2D eigenvalue weighted by molar-refractivity contribution is 9.10. The summed E-state index contributed by atoms with van der Waals surface area (Å²) in [6, 6.07) is 10.6. The minimum Gasteiger partial charge on any atom is -0.494 e. The molecule has 2 heterocycles. The number of carbonyl (C=O) groups excluding carboxylic acids is 1. The summed E-state index contributed by atoms with van der Waals surface area (Å²) in [4.78, 5) is 19.9. The number of rotatable bonds is 4. The molecular formula is C25H27BrFN3O3. The van der Waals surface area contributed by atoms with Crippen LogP contribution in [-0.4, -0.2) is 33.8 Å². The number of aliphatic hydroxyl groups excluding tert-OH is 1. The molecule has 2 aliphatic rings. The molecule has 33 heavy (non-hydrogen) atoms. The zero-order valence-corrected chi connectivity index (χ0v) is 20.1. The number of methoxy groups -OCH3 is 1. The Kier molecular flexibility index (Phi) is 6.14. The lowest BCUT2D eigenvalue weighted by molar-refractivity contribution is -0.120. The molecule has 1 N–H and O–H groups in total. The van der Waals surface area contributed by atoms with E-state index >= 15 is 0 Å². The fourth-order valence-corrected chi connectivity index (χ4v) is 5.62. The molecule has 0 bridgehead atoms. The fraction of sp³-hybridized carbons (Fsp3) is 0.440. The summed E-state index contributed by atoms with van der Waals surface area (Å²) >= 11 is 3.55. The van der Waals surface area contributed by atoms with Gasteiger partial charge in [-0.2, -0.15) is 0 Å². The van der Waals surface area contributed by atoms with Gasteiger partial charge in [-0.25, -0.2) is 9.37 Å². The van der Waals surface area contributed by atoms with Crippen LogP contribution in [0.1, 0.15) is 62.9 Å². The third-order valence-electron chi connectivity index (χ3n) is 6.87. The molecule has 8 heteroatoms. The molecule has 1 aromatic heterocycles. The second-order valence-electron chi connectivity index (χ2n) is 8.93. The van der Waals surface area contributed by atoms with Gasteiger partial charge in [-0.15, -0.1) is 0 Å². The Labute approximate surface area is 200 Å². The van der Waals surface area contributed by atoms with Crippen LogP contribution in [0.4, 0.5) is 10.1 Å². The molecule has 1 amide bonds. The molecule has 5 rings (SSSR count). The largest absolute Gasteiger partial charge is 0.494 e. The van der Waals surface area contributed by atoms with Crippen molar-refractivity contribution in [1.82, 2.24) is 9.55 Å². The Morgan fingerprint density at radius 2 is 1.91 bits per heavy atom. The molecule has 1 saturated carbocycles. The molecule has 0 radical (unpaired) electrons. The highest BCUT2D eigenvalue weighted by Gasteiger charge is 2.36. The van der Waals surface area contributed by atoms with E-state index in [4.69, 9.17) is 9.72 Å². The van der Waals surface area contributed by atoms with Crippen molar-refractivity contribution in [3.63, 3.8) is 0 Å². The number of aliphatic hydroxyl groups is 1.